The lowest BCUT2D eigenvalue weighted by Gasteiger charge is -2.55. The molecule has 4 fully saturated rings. The molecule has 4 saturated carbocycles. The average Bonchev–Trinajstić information content (AvgIpc) is 2.86. The first-order chi connectivity index (χ1) is 19.4. The summed E-state index contributed by atoms with van der Waals surface area (Å²) in [6.45, 7) is 3.41. The molecule has 1 aromatic carbocycles. The first-order valence-corrected chi connectivity index (χ1v) is 14.5. The minimum atomic E-state index is -1.07. The molecular weight excluding hydrogens is 575 g/mol. The predicted molar refractivity (Wildman–Crippen MR) is 149 cm³/mol. The smallest absolute Gasteiger partial charge is 0.303 e. The summed E-state index contributed by atoms with van der Waals surface area (Å²) in [5.74, 6) is 0.654. The van der Waals surface area contributed by atoms with Crippen molar-refractivity contribution in [2.24, 2.45) is 17.8 Å². The van der Waals surface area contributed by atoms with E-state index in [1.165, 1.54) is 32.4 Å². The first-order valence-electron chi connectivity index (χ1n) is 13.8. The number of allylic oxidation sites excluding steroid dienone is 1. The fourth-order valence-corrected chi connectivity index (χ4v) is 7.75. The molecule has 41 heavy (non-hydrogen) atoms. The van der Waals surface area contributed by atoms with E-state index in [-0.39, 0.29) is 23.2 Å². The fraction of sp³-hybridized carbons (Fsp3) is 0.567. The second-order valence-corrected chi connectivity index (χ2v) is 12.5. The van der Waals surface area contributed by atoms with E-state index >= 15 is 0 Å². The molecule has 4 bridgehead atoms. The number of methoxy groups -OCH3 is 1. The summed E-state index contributed by atoms with van der Waals surface area (Å²) in [4.78, 5) is 35.0. The van der Waals surface area contributed by atoms with Crippen LogP contribution in [0.3, 0.4) is 0 Å². The molecule has 0 aromatic heterocycles. The van der Waals surface area contributed by atoms with Crippen LogP contribution in [0.1, 0.15) is 58.4 Å². The van der Waals surface area contributed by atoms with Gasteiger partial charge < -0.3 is 28.4 Å². The second-order valence-electron chi connectivity index (χ2n) is 11.3. The maximum Gasteiger partial charge on any atom is 0.303 e. The molecule has 0 spiro atoms. The predicted octanol–water partition coefficient (Wildman–Crippen LogP) is 5.56. The number of esters is 3. The van der Waals surface area contributed by atoms with Crippen LogP contribution in [-0.2, 0) is 38.1 Å². The maximum atomic E-state index is 11.9. The lowest BCUT2D eigenvalue weighted by molar-refractivity contribution is -0.185. The molecule has 1 aliphatic heterocycles. The van der Waals surface area contributed by atoms with Crippen molar-refractivity contribution < 1.29 is 42.8 Å². The van der Waals surface area contributed by atoms with Gasteiger partial charge in [-0.05, 0) is 73.6 Å². The van der Waals surface area contributed by atoms with Crippen LogP contribution in [0.2, 0.25) is 5.02 Å². The Kier molecular flexibility index (Phi) is 8.48. The van der Waals surface area contributed by atoms with Gasteiger partial charge >= 0.3 is 17.9 Å². The third kappa shape index (κ3) is 6.46. The van der Waals surface area contributed by atoms with Gasteiger partial charge in [-0.2, -0.15) is 0 Å². The minimum Gasteiger partial charge on any atom is -0.496 e. The first kappa shape index (κ1) is 29.6. The van der Waals surface area contributed by atoms with E-state index in [9.17, 15) is 14.4 Å². The van der Waals surface area contributed by atoms with Crippen molar-refractivity contribution in [3.8, 4) is 5.75 Å². The van der Waals surface area contributed by atoms with Crippen LogP contribution >= 0.6 is 23.2 Å². The van der Waals surface area contributed by atoms with Gasteiger partial charge in [0.2, 0.25) is 0 Å². The highest BCUT2D eigenvalue weighted by atomic mass is 35.5. The Morgan fingerprint density at radius 3 is 2.27 bits per heavy atom. The van der Waals surface area contributed by atoms with Gasteiger partial charge in [0.25, 0.3) is 5.95 Å². The van der Waals surface area contributed by atoms with Crippen molar-refractivity contribution >= 4 is 46.9 Å². The topological polar surface area (TPSA) is 107 Å². The Balaban J connectivity index is 1.45. The Labute approximate surface area is 249 Å². The van der Waals surface area contributed by atoms with Gasteiger partial charge in [0.1, 0.15) is 18.1 Å². The zero-order valence-corrected chi connectivity index (χ0v) is 25.0. The highest BCUT2D eigenvalue weighted by molar-refractivity contribution is 6.32. The Hall–Kier alpha value is -2.91. The van der Waals surface area contributed by atoms with E-state index < -0.39 is 36.2 Å². The van der Waals surface area contributed by atoms with E-state index in [2.05, 4.69) is 0 Å². The lowest BCUT2D eigenvalue weighted by atomic mass is 9.53. The third-order valence-electron chi connectivity index (χ3n) is 8.18. The molecule has 5 unspecified atom stereocenters. The van der Waals surface area contributed by atoms with Gasteiger partial charge in [0.15, 0.2) is 18.3 Å². The van der Waals surface area contributed by atoms with Crippen LogP contribution in [0.4, 0.5) is 0 Å². The molecule has 9 nitrogen and oxygen atoms in total. The number of carbonyl (C=O) groups excluding carboxylic acids is 3. The van der Waals surface area contributed by atoms with Gasteiger partial charge in [0, 0.05) is 37.3 Å². The summed E-state index contributed by atoms with van der Waals surface area (Å²) in [5.41, 5.74) is 2.11. The molecule has 0 saturated heterocycles. The molecular formula is C30H34Cl2O9. The molecule has 4 aliphatic carbocycles. The number of halogens is 2. The monoisotopic (exact) mass is 608 g/mol. The van der Waals surface area contributed by atoms with Crippen LogP contribution in [-0.4, -0.2) is 54.8 Å². The van der Waals surface area contributed by atoms with Crippen molar-refractivity contribution in [1.82, 2.24) is 0 Å². The Morgan fingerprint density at radius 1 is 1.00 bits per heavy atom. The normalized spacial score (nSPS) is 31.5. The lowest BCUT2D eigenvalue weighted by Crippen LogP contribution is -2.49. The maximum absolute atomic E-state index is 11.9. The molecule has 1 heterocycles. The number of alkyl halides is 1. The van der Waals surface area contributed by atoms with E-state index in [0.29, 0.717) is 22.8 Å². The minimum absolute atomic E-state index is 0.0545. The average molecular weight is 609 g/mol. The van der Waals surface area contributed by atoms with E-state index in [0.717, 1.165) is 43.4 Å². The molecule has 1 aromatic rings. The van der Waals surface area contributed by atoms with Crippen molar-refractivity contribution in [3.05, 3.63) is 46.4 Å². The molecule has 6 rings (SSSR count). The summed E-state index contributed by atoms with van der Waals surface area (Å²) >= 11 is 13.5. The van der Waals surface area contributed by atoms with Crippen molar-refractivity contribution in [2.75, 3.05) is 13.7 Å². The van der Waals surface area contributed by atoms with Crippen molar-refractivity contribution in [2.45, 2.75) is 76.1 Å². The number of hydrogen-bond acceptors (Lipinski definition) is 9. The number of carbonyl (C=O) groups is 3. The summed E-state index contributed by atoms with van der Waals surface area (Å²) in [6, 6.07) is 5.39. The Morgan fingerprint density at radius 2 is 1.68 bits per heavy atom. The number of benzene rings is 1. The number of ether oxygens (including phenoxy) is 6. The largest absolute Gasteiger partial charge is 0.496 e. The van der Waals surface area contributed by atoms with Crippen LogP contribution in [0.25, 0.3) is 5.76 Å². The number of hydrogen-bond donors (Lipinski definition) is 0. The molecule has 222 valence electrons. The van der Waals surface area contributed by atoms with Crippen LogP contribution in [0.15, 0.2) is 35.8 Å². The van der Waals surface area contributed by atoms with Gasteiger partial charge in [0.05, 0.1) is 12.1 Å². The molecule has 0 amide bonds. The molecule has 5 aliphatic rings. The van der Waals surface area contributed by atoms with Crippen LogP contribution < -0.4 is 4.74 Å². The van der Waals surface area contributed by atoms with Gasteiger partial charge in [-0.25, -0.2) is 0 Å². The van der Waals surface area contributed by atoms with E-state index in [1.54, 1.807) is 19.2 Å². The van der Waals surface area contributed by atoms with E-state index in [1.807, 2.05) is 6.07 Å². The zero-order chi connectivity index (χ0) is 29.5. The van der Waals surface area contributed by atoms with Crippen LogP contribution in [0.5, 0.6) is 5.75 Å². The molecule has 0 radical (unpaired) electrons. The third-order valence-corrected chi connectivity index (χ3v) is 8.95. The summed E-state index contributed by atoms with van der Waals surface area (Å²) < 4.78 is 33.9. The van der Waals surface area contributed by atoms with E-state index in [4.69, 9.17) is 51.6 Å². The van der Waals surface area contributed by atoms with Crippen molar-refractivity contribution in [3.63, 3.8) is 0 Å². The Bertz CT molecular complexity index is 1270. The van der Waals surface area contributed by atoms with Gasteiger partial charge in [-0.15, -0.1) is 11.6 Å². The SMILES string of the molecule is COC(=C1C2CC3CC1CC(Cl)(C3)C2)c1ccc(Cl)c(OC2=CC(OC(C)=O)C(OC(C)=O)C(COC(C)=O)O2)c1. The molecule has 5 atom stereocenters. The highest BCUT2D eigenvalue weighted by Gasteiger charge is 2.53. The zero-order valence-electron chi connectivity index (χ0n) is 23.4. The van der Waals surface area contributed by atoms with Crippen molar-refractivity contribution in [1.29, 1.82) is 0 Å². The standard InChI is InChI=1S/C30H34Cl2O9/c1-15(33)37-14-25-29(39-17(3)35)24(38-16(2)34)10-26(41-25)40-23-9-19(5-6-22(23)31)28(36-4)27-20-7-18-8-21(27)13-30(32,11-18)12-20/h5-6,9-10,18,20-21,24-25,29H,7-8,11-14H2,1-4H3. The van der Waals surface area contributed by atoms with Gasteiger partial charge in [-0.1, -0.05) is 11.6 Å². The quantitative estimate of drug-likeness (QED) is 0.162. The second kappa shape index (κ2) is 11.8. The summed E-state index contributed by atoms with van der Waals surface area (Å²) in [7, 11) is 1.67. The molecule has 11 heteroatoms. The molecule has 0 N–H and O–H groups in total. The summed E-state index contributed by atoms with van der Waals surface area (Å²) in [5, 5.41) is 0.311. The fourth-order valence-electron chi connectivity index (χ4n) is 7.01. The highest BCUT2D eigenvalue weighted by Crippen LogP contribution is 2.61. The summed E-state index contributed by atoms with van der Waals surface area (Å²) in [6.07, 6.45) is 3.48. The number of rotatable bonds is 8. The van der Waals surface area contributed by atoms with Crippen LogP contribution in [0, 0.1) is 17.8 Å². The van der Waals surface area contributed by atoms with Gasteiger partial charge in [-0.3, -0.25) is 14.4 Å².